The molecule has 1 aromatic carbocycles. The molecular formula is C18H25N3. The van der Waals surface area contributed by atoms with E-state index in [1.54, 1.807) is 0 Å². The summed E-state index contributed by atoms with van der Waals surface area (Å²) in [4.78, 5) is 6.61. The first-order valence-electron chi connectivity index (χ1n) is 7.52. The van der Waals surface area contributed by atoms with Crippen LogP contribution in [0.2, 0.25) is 0 Å². The van der Waals surface area contributed by atoms with E-state index in [0.717, 1.165) is 24.6 Å². The van der Waals surface area contributed by atoms with Gasteiger partial charge in [-0.3, -0.25) is 0 Å². The molecule has 0 aliphatic carbocycles. The number of aryl methyl sites for hydroxylation is 1. The van der Waals surface area contributed by atoms with Crippen molar-refractivity contribution in [2.75, 3.05) is 18.5 Å². The highest BCUT2D eigenvalue weighted by Crippen LogP contribution is 2.22. The van der Waals surface area contributed by atoms with Crippen molar-refractivity contribution in [3.63, 3.8) is 0 Å². The molecule has 0 saturated carbocycles. The van der Waals surface area contributed by atoms with Crippen LogP contribution in [0.15, 0.2) is 42.6 Å². The van der Waals surface area contributed by atoms with Crippen LogP contribution in [-0.4, -0.2) is 18.6 Å². The Morgan fingerprint density at radius 1 is 1.19 bits per heavy atom. The Morgan fingerprint density at radius 2 is 2.00 bits per heavy atom. The van der Waals surface area contributed by atoms with Gasteiger partial charge in [-0.2, -0.15) is 0 Å². The van der Waals surface area contributed by atoms with Crippen molar-refractivity contribution in [1.29, 1.82) is 0 Å². The number of rotatable bonds is 6. The van der Waals surface area contributed by atoms with E-state index in [0.29, 0.717) is 5.92 Å². The van der Waals surface area contributed by atoms with Crippen LogP contribution < -0.4 is 10.2 Å². The zero-order chi connectivity index (χ0) is 15.2. The Labute approximate surface area is 128 Å². The van der Waals surface area contributed by atoms with Crippen LogP contribution in [0.25, 0.3) is 0 Å². The van der Waals surface area contributed by atoms with Crippen molar-refractivity contribution in [2.45, 2.75) is 27.3 Å². The summed E-state index contributed by atoms with van der Waals surface area (Å²) in [5.41, 5.74) is 3.68. The Balaban J connectivity index is 2.09. The second kappa shape index (κ2) is 7.23. The molecule has 1 N–H and O–H groups in total. The summed E-state index contributed by atoms with van der Waals surface area (Å²) in [5, 5.41) is 3.47. The van der Waals surface area contributed by atoms with Gasteiger partial charge in [0.05, 0.1) is 0 Å². The number of benzene rings is 1. The molecule has 112 valence electrons. The predicted octanol–water partition coefficient (Wildman–Crippen LogP) is 3.90. The maximum atomic E-state index is 4.49. The minimum atomic E-state index is 0.668. The van der Waals surface area contributed by atoms with Gasteiger partial charge in [-0.05, 0) is 54.8 Å². The summed E-state index contributed by atoms with van der Waals surface area (Å²) in [6, 6.07) is 12.7. The zero-order valence-corrected chi connectivity index (χ0v) is 13.4. The van der Waals surface area contributed by atoms with E-state index in [4.69, 9.17) is 0 Å². The van der Waals surface area contributed by atoms with Crippen LogP contribution in [0.3, 0.4) is 0 Å². The maximum absolute atomic E-state index is 4.49. The fourth-order valence-corrected chi connectivity index (χ4v) is 2.23. The van der Waals surface area contributed by atoms with Crippen molar-refractivity contribution in [3.8, 4) is 0 Å². The number of hydrogen-bond donors (Lipinski definition) is 1. The van der Waals surface area contributed by atoms with Crippen LogP contribution in [-0.2, 0) is 6.54 Å². The first-order valence-corrected chi connectivity index (χ1v) is 7.52. The number of anilines is 2. The van der Waals surface area contributed by atoms with Gasteiger partial charge in [0.2, 0.25) is 0 Å². The monoisotopic (exact) mass is 283 g/mol. The summed E-state index contributed by atoms with van der Waals surface area (Å²) in [5.74, 6) is 1.64. The highest BCUT2D eigenvalue weighted by Gasteiger charge is 2.06. The smallest absolute Gasteiger partial charge is 0.132 e. The van der Waals surface area contributed by atoms with E-state index in [2.05, 4.69) is 79.4 Å². The van der Waals surface area contributed by atoms with Crippen molar-refractivity contribution in [2.24, 2.45) is 5.92 Å². The standard InChI is InChI=1S/C18H25N3/c1-14(2)12-19-13-16-8-9-20-18(11-16)21(4)17-7-5-6-15(3)10-17/h5-11,14,19H,12-13H2,1-4H3. The molecule has 0 radical (unpaired) electrons. The summed E-state index contributed by atoms with van der Waals surface area (Å²) in [6.07, 6.45) is 1.88. The van der Waals surface area contributed by atoms with Gasteiger partial charge in [-0.25, -0.2) is 4.98 Å². The van der Waals surface area contributed by atoms with Crippen LogP contribution in [0.4, 0.5) is 11.5 Å². The first kappa shape index (κ1) is 15.5. The molecule has 3 heteroatoms. The summed E-state index contributed by atoms with van der Waals surface area (Å²) < 4.78 is 0. The molecule has 0 bridgehead atoms. The Morgan fingerprint density at radius 3 is 2.71 bits per heavy atom. The molecule has 0 aliphatic heterocycles. The fourth-order valence-electron chi connectivity index (χ4n) is 2.23. The zero-order valence-electron chi connectivity index (χ0n) is 13.4. The average Bonchev–Trinajstić information content (AvgIpc) is 2.46. The Kier molecular flexibility index (Phi) is 5.34. The fraction of sp³-hybridized carbons (Fsp3) is 0.389. The van der Waals surface area contributed by atoms with Gasteiger partial charge >= 0.3 is 0 Å². The van der Waals surface area contributed by atoms with E-state index >= 15 is 0 Å². The van der Waals surface area contributed by atoms with Gasteiger partial charge in [-0.15, -0.1) is 0 Å². The van der Waals surface area contributed by atoms with Gasteiger partial charge in [0, 0.05) is 25.5 Å². The summed E-state index contributed by atoms with van der Waals surface area (Å²) >= 11 is 0. The topological polar surface area (TPSA) is 28.2 Å². The number of pyridine rings is 1. The lowest BCUT2D eigenvalue weighted by atomic mass is 10.2. The second-order valence-corrected chi connectivity index (χ2v) is 5.95. The van der Waals surface area contributed by atoms with Crippen LogP contribution >= 0.6 is 0 Å². The number of aromatic nitrogens is 1. The molecule has 0 aliphatic rings. The summed E-state index contributed by atoms with van der Waals surface area (Å²) in [6.45, 7) is 8.46. The maximum Gasteiger partial charge on any atom is 0.132 e. The molecule has 0 unspecified atom stereocenters. The van der Waals surface area contributed by atoms with Crippen LogP contribution in [0.5, 0.6) is 0 Å². The van der Waals surface area contributed by atoms with Crippen LogP contribution in [0.1, 0.15) is 25.0 Å². The molecule has 21 heavy (non-hydrogen) atoms. The van der Waals surface area contributed by atoms with Crippen molar-refractivity contribution in [3.05, 3.63) is 53.7 Å². The Bertz CT molecular complexity index is 578. The van der Waals surface area contributed by atoms with E-state index < -0.39 is 0 Å². The molecule has 0 atom stereocenters. The van der Waals surface area contributed by atoms with Gasteiger partial charge < -0.3 is 10.2 Å². The van der Waals surface area contributed by atoms with E-state index in [1.165, 1.54) is 11.1 Å². The highest BCUT2D eigenvalue weighted by atomic mass is 15.2. The van der Waals surface area contributed by atoms with Crippen molar-refractivity contribution in [1.82, 2.24) is 10.3 Å². The lowest BCUT2D eigenvalue weighted by molar-refractivity contribution is 0.552. The molecule has 2 aromatic rings. The third-order valence-electron chi connectivity index (χ3n) is 3.42. The van der Waals surface area contributed by atoms with E-state index in [1.807, 2.05) is 6.20 Å². The SMILES string of the molecule is Cc1cccc(N(C)c2cc(CNCC(C)C)ccn2)c1. The lowest BCUT2D eigenvalue weighted by Gasteiger charge is -2.19. The van der Waals surface area contributed by atoms with E-state index in [-0.39, 0.29) is 0 Å². The van der Waals surface area contributed by atoms with Crippen molar-refractivity contribution >= 4 is 11.5 Å². The molecule has 0 fully saturated rings. The average molecular weight is 283 g/mol. The molecule has 2 rings (SSSR count). The van der Waals surface area contributed by atoms with Gasteiger partial charge in [-0.1, -0.05) is 26.0 Å². The number of hydrogen-bond acceptors (Lipinski definition) is 3. The minimum Gasteiger partial charge on any atom is -0.329 e. The minimum absolute atomic E-state index is 0.668. The van der Waals surface area contributed by atoms with Crippen molar-refractivity contribution < 1.29 is 0 Å². The van der Waals surface area contributed by atoms with Crippen LogP contribution in [0, 0.1) is 12.8 Å². The van der Waals surface area contributed by atoms with Gasteiger partial charge in [0.15, 0.2) is 0 Å². The molecule has 0 saturated heterocycles. The normalized spacial score (nSPS) is 10.9. The second-order valence-electron chi connectivity index (χ2n) is 5.95. The molecule has 1 aromatic heterocycles. The van der Waals surface area contributed by atoms with Gasteiger partial charge in [0.25, 0.3) is 0 Å². The largest absolute Gasteiger partial charge is 0.329 e. The Hall–Kier alpha value is -1.87. The lowest BCUT2D eigenvalue weighted by Crippen LogP contribution is -2.19. The number of nitrogens with zero attached hydrogens (tertiary/aromatic N) is 2. The molecule has 3 nitrogen and oxygen atoms in total. The quantitative estimate of drug-likeness (QED) is 0.871. The first-order chi connectivity index (χ1) is 10.1. The highest BCUT2D eigenvalue weighted by molar-refractivity contribution is 5.60. The van der Waals surface area contributed by atoms with E-state index in [9.17, 15) is 0 Å². The summed E-state index contributed by atoms with van der Waals surface area (Å²) in [7, 11) is 2.06. The third kappa shape index (κ3) is 4.57. The number of nitrogens with one attached hydrogen (secondary N) is 1. The molecule has 1 heterocycles. The molecule has 0 spiro atoms. The predicted molar refractivity (Wildman–Crippen MR) is 90.0 cm³/mol. The molecular weight excluding hydrogens is 258 g/mol. The van der Waals surface area contributed by atoms with Gasteiger partial charge in [0.1, 0.15) is 5.82 Å². The third-order valence-corrected chi connectivity index (χ3v) is 3.42. The molecule has 0 amide bonds.